The molecule has 1 atom stereocenters. The summed E-state index contributed by atoms with van der Waals surface area (Å²) >= 11 is 0. The van der Waals surface area contributed by atoms with Crippen molar-refractivity contribution in [2.45, 2.75) is 38.8 Å². The fourth-order valence-corrected chi connectivity index (χ4v) is 4.01. The van der Waals surface area contributed by atoms with E-state index in [-0.39, 0.29) is 18.4 Å². The maximum atomic E-state index is 12.9. The van der Waals surface area contributed by atoms with Crippen molar-refractivity contribution in [3.63, 3.8) is 0 Å². The molecule has 3 aromatic carbocycles. The summed E-state index contributed by atoms with van der Waals surface area (Å²) in [6.45, 7) is 5.40. The maximum absolute atomic E-state index is 12.9. The minimum atomic E-state index is -0.665. The van der Waals surface area contributed by atoms with Gasteiger partial charge in [-0.2, -0.15) is 0 Å². The molecule has 0 saturated carbocycles. The number of imide groups is 1. The Morgan fingerprint density at radius 2 is 1.35 bits per heavy atom. The molecule has 1 N–H and O–H groups in total. The van der Waals surface area contributed by atoms with Crippen LogP contribution >= 0.6 is 0 Å². The van der Waals surface area contributed by atoms with Gasteiger partial charge in [-0.15, -0.1) is 0 Å². The lowest BCUT2D eigenvalue weighted by Crippen LogP contribution is -2.48. The maximum Gasteiger partial charge on any atom is 0.407 e. The van der Waals surface area contributed by atoms with Gasteiger partial charge in [0.25, 0.3) is 11.8 Å². The second-order valence-electron chi connectivity index (χ2n) is 9.38. The Hall–Kier alpha value is -3.93. The normalized spacial score (nSPS) is 14.0. The Morgan fingerprint density at radius 3 is 1.91 bits per heavy atom. The van der Waals surface area contributed by atoms with Crippen LogP contribution in [-0.4, -0.2) is 41.0 Å². The summed E-state index contributed by atoms with van der Waals surface area (Å²) < 4.78 is 5.42. The number of hydrogen-bond donors (Lipinski definition) is 1. The van der Waals surface area contributed by atoms with Gasteiger partial charge in [-0.1, -0.05) is 66.7 Å². The fourth-order valence-electron chi connectivity index (χ4n) is 4.01. The molecule has 1 aliphatic heterocycles. The Morgan fingerprint density at radius 1 is 0.824 bits per heavy atom. The van der Waals surface area contributed by atoms with Crippen LogP contribution in [0.4, 0.5) is 4.79 Å². The number of nitrogens with one attached hydrogen (secondary N) is 1. The molecule has 6 heteroatoms. The van der Waals surface area contributed by atoms with Crippen molar-refractivity contribution < 1.29 is 19.1 Å². The average molecular weight is 457 g/mol. The third-order valence-electron chi connectivity index (χ3n) is 5.55. The summed E-state index contributed by atoms with van der Waals surface area (Å²) in [7, 11) is 0. The van der Waals surface area contributed by atoms with Gasteiger partial charge in [-0.3, -0.25) is 14.5 Å². The molecule has 1 heterocycles. The van der Waals surface area contributed by atoms with E-state index in [4.69, 9.17) is 4.74 Å². The van der Waals surface area contributed by atoms with E-state index < -0.39 is 17.7 Å². The molecule has 174 valence electrons. The molecule has 3 amide bonds. The van der Waals surface area contributed by atoms with E-state index in [2.05, 4.69) is 5.32 Å². The molecular formula is C28H28N2O4. The molecule has 0 aliphatic carbocycles. The van der Waals surface area contributed by atoms with Gasteiger partial charge in [0.05, 0.1) is 23.7 Å². The number of rotatable bonds is 6. The minimum Gasteiger partial charge on any atom is -0.444 e. The number of alkyl carbamates (subject to hydrolysis) is 1. The highest BCUT2D eigenvalue weighted by atomic mass is 16.6. The Kier molecular flexibility index (Phi) is 6.50. The van der Waals surface area contributed by atoms with Gasteiger partial charge in [0, 0.05) is 0 Å². The number of amides is 3. The Bertz CT molecular complexity index is 1160. The molecule has 0 unspecified atom stereocenters. The van der Waals surface area contributed by atoms with Gasteiger partial charge in [0.15, 0.2) is 0 Å². The Labute approximate surface area is 199 Å². The van der Waals surface area contributed by atoms with E-state index in [1.165, 1.54) is 4.90 Å². The van der Waals surface area contributed by atoms with Crippen molar-refractivity contribution in [1.82, 2.24) is 10.2 Å². The highest BCUT2D eigenvalue weighted by Crippen LogP contribution is 2.24. The lowest BCUT2D eigenvalue weighted by atomic mass is 10.0. The van der Waals surface area contributed by atoms with Crippen LogP contribution in [0.2, 0.25) is 0 Å². The molecule has 0 radical (unpaired) electrons. The summed E-state index contributed by atoms with van der Waals surface area (Å²) in [4.78, 5) is 39.5. The smallest absolute Gasteiger partial charge is 0.407 e. The summed E-state index contributed by atoms with van der Waals surface area (Å²) in [5.41, 5.74) is 3.27. The zero-order valence-corrected chi connectivity index (χ0v) is 19.6. The predicted octanol–water partition coefficient (Wildman–Crippen LogP) is 5.09. The number of fused-ring (bicyclic) bond motifs is 1. The SMILES string of the molecule is CC(C)(C)OC(=O)N[C@@H](Cc1ccc(-c2ccccc2)cc1)CN1C(=O)c2ccccc2C1=O. The number of ether oxygens (including phenoxy) is 1. The van der Waals surface area contributed by atoms with Crippen LogP contribution in [0.5, 0.6) is 0 Å². The van der Waals surface area contributed by atoms with Crippen LogP contribution in [-0.2, 0) is 11.2 Å². The van der Waals surface area contributed by atoms with Crippen molar-refractivity contribution in [3.05, 3.63) is 95.6 Å². The van der Waals surface area contributed by atoms with Crippen LogP contribution in [0.1, 0.15) is 47.1 Å². The fraction of sp³-hybridized carbons (Fsp3) is 0.250. The largest absolute Gasteiger partial charge is 0.444 e. The summed E-state index contributed by atoms with van der Waals surface area (Å²) in [6, 6.07) is 24.3. The molecule has 1 aliphatic rings. The third kappa shape index (κ3) is 5.34. The van der Waals surface area contributed by atoms with Crippen molar-refractivity contribution in [1.29, 1.82) is 0 Å². The standard InChI is InChI=1S/C28H28N2O4/c1-28(2,3)34-27(33)29-22(18-30-25(31)23-11-7-8-12-24(23)26(30)32)17-19-13-15-21(16-14-19)20-9-5-4-6-10-20/h4-16,22H,17-18H2,1-3H3,(H,29,33)/t22-/m0/s1. The van der Waals surface area contributed by atoms with Crippen molar-refractivity contribution in [2.75, 3.05) is 6.54 Å². The van der Waals surface area contributed by atoms with Crippen LogP contribution < -0.4 is 5.32 Å². The van der Waals surface area contributed by atoms with Gasteiger partial charge in [-0.05, 0) is 56.0 Å². The number of carbonyl (C=O) groups is 3. The van der Waals surface area contributed by atoms with E-state index in [9.17, 15) is 14.4 Å². The minimum absolute atomic E-state index is 0.0476. The first-order valence-electron chi connectivity index (χ1n) is 11.3. The second-order valence-corrected chi connectivity index (χ2v) is 9.38. The van der Waals surface area contributed by atoms with Gasteiger partial charge in [0.2, 0.25) is 0 Å². The van der Waals surface area contributed by atoms with Gasteiger partial charge < -0.3 is 10.1 Å². The summed E-state index contributed by atoms with van der Waals surface area (Å²) in [6.07, 6.45) is -0.156. The van der Waals surface area contributed by atoms with E-state index in [0.717, 1.165) is 16.7 Å². The molecule has 3 aromatic rings. The third-order valence-corrected chi connectivity index (χ3v) is 5.55. The van der Waals surface area contributed by atoms with Crippen LogP contribution in [0.15, 0.2) is 78.9 Å². The van der Waals surface area contributed by atoms with Crippen LogP contribution in [0.3, 0.4) is 0 Å². The molecule has 0 spiro atoms. The van der Waals surface area contributed by atoms with Crippen molar-refractivity contribution in [2.24, 2.45) is 0 Å². The topological polar surface area (TPSA) is 75.7 Å². The molecule has 0 bridgehead atoms. The van der Waals surface area contributed by atoms with Crippen LogP contribution in [0.25, 0.3) is 11.1 Å². The highest BCUT2D eigenvalue weighted by Gasteiger charge is 2.37. The van der Waals surface area contributed by atoms with E-state index >= 15 is 0 Å². The van der Waals surface area contributed by atoms with Gasteiger partial charge in [0.1, 0.15) is 5.60 Å². The van der Waals surface area contributed by atoms with E-state index in [1.54, 1.807) is 45.0 Å². The quantitative estimate of drug-likeness (QED) is 0.525. The van der Waals surface area contributed by atoms with E-state index in [1.807, 2.05) is 54.6 Å². The van der Waals surface area contributed by atoms with Crippen molar-refractivity contribution in [3.8, 4) is 11.1 Å². The lowest BCUT2D eigenvalue weighted by molar-refractivity contribution is 0.0468. The number of nitrogens with zero attached hydrogens (tertiary/aromatic N) is 1. The van der Waals surface area contributed by atoms with Gasteiger partial charge in [-0.25, -0.2) is 4.79 Å². The lowest BCUT2D eigenvalue weighted by Gasteiger charge is -2.26. The first-order chi connectivity index (χ1) is 16.2. The number of hydrogen-bond acceptors (Lipinski definition) is 4. The van der Waals surface area contributed by atoms with Crippen LogP contribution in [0, 0.1) is 0 Å². The number of benzene rings is 3. The Balaban J connectivity index is 1.53. The van der Waals surface area contributed by atoms with Crippen molar-refractivity contribution >= 4 is 17.9 Å². The summed E-state index contributed by atoms with van der Waals surface area (Å²) in [5.74, 6) is -0.702. The zero-order chi connectivity index (χ0) is 24.3. The predicted molar refractivity (Wildman–Crippen MR) is 131 cm³/mol. The molecule has 0 saturated heterocycles. The molecular weight excluding hydrogens is 428 g/mol. The monoisotopic (exact) mass is 456 g/mol. The second kappa shape index (κ2) is 9.51. The first kappa shape index (κ1) is 23.2. The van der Waals surface area contributed by atoms with E-state index in [0.29, 0.717) is 17.5 Å². The number of carbonyl (C=O) groups excluding carboxylic acids is 3. The zero-order valence-electron chi connectivity index (χ0n) is 19.6. The first-order valence-corrected chi connectivity index (χ1v) is 11.3. The molecule has 0 aromatic heterocycles. The molecule has 0 fully saturated rings. The van der Waals surface area contributed by atoms with Gasteiger partial charge >= 0.3 is 6.09 Å². The molecule has 4 rings (SSSR count). The summed E-state index contributed by atoms with van der Waals surface area (Å²) in [5, 5.41) is 2.86. The molecule has 6 nitrogen and oxygen atoms in total. The molecule has 34 heavy (non-hydrogen) atoms. The average Bonchev–Trinajstić information content (AvgIpc) is 3.04. The highest BCUT2D eigenvalue weighted by molar-refractivity contribution is 6.21.